The molecule has 0 saturated carbocycles. The van der Waals surface area contributed by atoms with Gasteiger partial charge in [-0.05, 0) is 12.8 Å². The third-order valence-electron chi connectivity index (χ3n) is 3.09. The second kappa shape index (κ2) is 7.33. The fourth-order valence-electron chi connectivity index (χ4n) is 2.03. The summed E-state index contributed by atoms with van der Waals surface area (Å²) in [6.07, 6.45) is 2.13. The first-order chi connectivity index (χ1) is 8.52. The predicted molar refractivity (Wildman–Crippen MR) is 66.3 cm³/mol. The smallest absolute Gasteiger partial charge is 0.307 e. The first kappa shape index (κ1) is 14.9. The van der Waals surface area contributed by atoms with Gasteiger partial charge in [-0.25, -0.2) is 0 Å². The predicted octanol–water partition coefficient (Wildman–Crippen LogP) is -0.0659. The molecule has 18 heavy (non-hydrogen) atoms. The van der Waals surface area contributed by atoms with Crippen molar-refractivity contribution >= 4 is 11.9 Å². The highest BCUT2D eigenvalue weighted by Gasteiger charge is 2.23. The maximum Gasteiger partial charge on any atom is 0.307 e. The molecule has 2 N–H and O–H groups in total. The molecule has 6 heteroatoms. The molecule has 2 unspecified atom stereocenters. The van der Waals surface area contributed by atoms with Gasteiger partial charge in [-0.2, -0.15) is 0 Å². The minimum Gasteiger partial charge on any atom is -0.481 e. The van der Waals surface area contributed by atoms with Crippen LogP contribution >= 0.6 is 0 Å². The second-order valence-corrected chi connectivity index (χ2v) is 4.74. The van der Waals surface area contributed by atoms with Gasteiger partial charge in [0.2, 0.25) is 5.91 Å². The lowest BCUT2D eigenvalue weighted by Gasteiger charge is -2.25. The van der Waals surface area contributed by atoms with Crippen LogP contribution in [0, 0.1) is 5.92 Å². The van der Waals surface area contributed by atoms with Crippen LogP contribution in [0.25, 0.3) is 0 Å². The van der Waals surface area contributed by atoms with Gasteiger partial charge in [-0.1, -0.05) is 6.92 Å². The van der Waals surface area contributed by atoms with E-state index in [9.17, 15) is 9.59 Å². The Labute approximate surface area is 107 Å². The normalized spacial score (nSPS) is 20.9. The number of likely N-dealkylation sites (N-methyl/N-ethyl adjacent to an activating group) is 1. The average Bonchev–Trinajstić information content (AvgIpc) is 2.81. The van der Waals surface area contributed by atoms with Gasteiger partial charge in [-0.15, -0.1) is 0 Å². The summed E-state index contributed by atoms with van der Waals surface area (Å²) in [5.41, 5.74) is 0. The summed E-state index contributed by atoms with van der Waals surface area (Å²) in [5.74, 6) is -1.44. The SMILES string of the molecule is CNC(=O)CN(CC1CCCO1)CC(C)C(=O)O. The van der Waals surface area contributed by atoms with Crippen molar-refractivity contribution in [2.24, 2.45) is 5.92 Å². The van der Waals surface area contributed by atoms with E-state index in [1.807, 2.05) is 4.90 Å². The number of aliphatic carboxylic acids is 1. The zero-order chi connectivity index (χ0) is 13.5. The maximum absolute atomic E-state index is 11.4. The van der Waals surface area contributed by atoms with Gasteiger partial charge in [0.15, 0.2) is 0 Å². The van der Waals surface area contributed by atoms with Gasteiger partial charge in [0.05, 0.1) is 18.6 Å². The zero-order valence-corrected chi connectivity index (χ0v) is 11.0. The molecule has 0 spiro atoms. The van der Waals surface area contributed by atoms with E-state index in [1.165, 1.54) is 0 Å². The largest absolute Gasteiger partial charge is 0.481 e. The number of rotatable bonds is 7. The fraction of sp³-hybridized carbons (Fsp3) is 0.833. The number of amides is 1. The van der Waals surface area contributed by atoms with Crippen molar-refractivity contribution in [2.75, 3.05) is 33.3 Å². The molecule has 1 aliphatic rings. The van der Waals surface area contributed by atoms with Crippen LogP contribution in [0.3, 0.4) is 0 Å². The molecule has 6 nitrogen and oxygen atoms in total. The molecule has 1 fully saturated rings. The molecule has 1 heterocycles. The van der Waals surface area contributed by atoms with E-state index in [0.29, 0.717) is 13.1 Å². The van der Waals surface area contributed by atoms with Crippen LogP contribution in [0.15, 0.2) is 0 Å². The second-order valence-electron chi connectivity index (χ2n) is 4.74. The van der Waals surface area contributed by atoms with E-state index in [2.05, 4.69) is 5.32 Å². The van der Waals surface area contributed by atoms with Crippen molar-refractivity contribution in [1.29, 1.82) is 0 Å². The van der Waals surface area contributed by atoms with Crippen LogP contribution in [0.1, 0.15) is 19.8 Å². The van der Waals surface area contributed by atoms with E-state index in [0.717, 1.165) is 19.4 Å². The zero-order valence-electron chi connectivity index (χ0n) is 11.0. The topological polar surface area (TPSA) is 78.9 Å². The number of carbonyl (C=O) groups excluding carboxylic acids is 1. The first-order valence-electron chi connectivity index (χ1n) is 6.30. The lowest BCUT2D eigenvalue weighted by Crippen LogP contribution is -2.43. The summed E-state index contributed by atoms with van der Waals surface area (Å²) in [5, 5.41) is 11.5. The van der Waals surface area contributed by atoms with Gasteiger partial charge in [0, 0.05) is 26.7 Å². The molecule has 0 aromatic carbocycles. The minimum absolute atomic E-state index is 0.106. The molecule has 1 amide bonds. The molecule has 0 aromatic rings. The van der Waals surface area contributed by atoms with Crippen molar-refractivity contribution in [3.63, 3.8) is 0 Å². The Bertz CT molecular complexity index is 290. The highest BCUT2D eigenvalue weighted by molar-refractivity contribution is 5.77. The van der Waals surface area contributed by atoms with E-state index in [4.69, 9.17) is 9.84 Å². The Balaban J connectivity index is 2.49. The molecule has 0 radical (unpaired) electrons. The molecule has 1 rings (SSSR count). The maximum atomic E-state index is 11.4. The van der Waals surface area contributed by atoms with Crippen molar-refractivity contribution in [3.8, 4) is 0 Å². The summed E-state index contributed by atoms with van der Waals surface area (Å²) >= 11 is 0. The summed E-state index contributed by atoms with van der Waals surface area (Å²) in [4.78, 5) is 24.1. The average molecular weight is 258 g/mol. The molecule has 0 aromatic heterocycles. The van der Waals surface area contributed by atoms with Gasteiger partial charge in [-0.3, -0.25) is 14.5 Å². The van der Waals surface area contributed by atoms with Crippen molar-refractivity contribution in [3.05, 3.63) is 0 Å². The Kier molecular flexibility index (Phi) is 6.07. The van der Waals surface area contributed by atoms with Crippen LogP contribution in [-0.4, -0.2) is 61.3 Å². The summed E-state index contributed by atoms with van der Waals surface area (Å²) < 4.78 is 5.52. The van der Waals surface area contributed by atoms with Gasteiger partial charge >= 0.3 is 5.97 Å². The molecule has 0 aliphatic carbocycles. The number of nitrogens with zero attached hydrogens (tertiary/aromatic N) is 1. The van der Waals surface area contributed by atoms with Gasteiger partial charge < -0.3 is 15.2 Å². The number of hydrogen-bond acceptors (Lipinski definition) is 4. The van der Waals surface area contributed by atoms with Crippen LogP contribution < -0.4 is 5.32 Å². The Morgan fingerprint density at radius 1 is 1.56 bits per heavy atom. The monoisotopic (exact) mass is 258 g/mol. The summed E-state index contributed by atoms with van der Waals surface area (Å²) in [6.45, 7) is 3.60. The van der Waals surface area contributed by atoms with Crippen molar-refractivity contribution in [2.45, 2.75) is 25.9 Å². The third kappa shape index (κ3) is 5.01. The molecule has 104 valence electrons. The number of carboxylic acid groups (broad SMARTS) is 1. The van der Waals surface area contributed by atoms with E-state index < -0.39 is 11.9 Å². The fourth-order valence-corrected chi connectivity index (χ4v) is 2.03. The highest BCUT2D eigenvalue weighted by atomic mass is 16.5. The lowest BCUT2D eigenvalue weighted by atomic mass is 10.1. The van der Waals surface area contributed by atoms with Crippen LogP contribution in [-0.2, 0) is 14.3 Å². The minimum atomic E-state index is -0.843. The Hall–Kier alpha value is -1.14. The number of carbonyl (C=O) groups is 2. The third-order valence-corrected chi connectivity index (χ3v) is 3.09. The number of ether oxygens (including phenoxy) is 1. The molecular formula is C12H22N2O4. The van der Waals surface area contributed by atoms with Crippen molar-refractivity contribution < 1.29 is 19.4 Å². The van der Waals surface area contributed by atoms with Gasteiger partial charge in [0.25, 0.3) is 0 Å². The quantitative estimate of drug-likeness (QED) is 0.668. The number of carboxylic acids is 1. The Morgan fingerprint density at radius 3 is 2.78 bits per heavy atom. The highest BCUT2D eigenvalue weighted by Crippen LogP contribution is 2.14. The number of hydrogen-bond donors (Lipinski definition) is 2. The van der Waals surface area contributed by atoms with E-state index in [-0.39, 0.29) is 18.6 Å². The molecule has 1 aliphatic heterocycles. The van der Waals surface area contributed by atoms with Crippen molar-refractivity contribution in [1.82, 2.24) is 10.2 Å². The standard InChI is InChI=1S/C12H22N2O4/c1-9(12(16)17)6-14(8-11(15)13-2)7-10-4-3-5-18-10/h9-10H,3-8H2,1-2H3,(H,13,15)(H,16,17). The number of nitrogens with one attached hydrogen (secondary N) is 1. The lowest BCUT2D eigenvalue weighted by molar-refractivity contribution is -0.142. The first-order valence-corrected chi connectivity index (χ1v) is 6.30. The van der Waals surface area contributed by atoms with Crippen LogP contribution in [0.4, 0.5) is 0 Å². The van der Waals surface area contributed by atoms with Gasteiger partial charge in [0.1, 0.15) is 0 Å². The molecule has 2 atom stereocenters. The Morgan fingerprint density at radius 2 is 2.28 bits per heavy atom. The van der Waals surface area contributed by atoms with E-state index >= 15 is 0 Å². The molecule has 0 bridgehead atoms. The van der Waals surface area contributed by atoms with Crippen LogP contribution in [0.5, 0.6) is 0 Å². The molecular weight excluding hydrogens is 236 g/mol. The van der Waals surface area contributed by atoms with E-state index in [1.54, 1.807) is 14.0 Å². The summed E-state index contributed by atoms with van der Waals surface area (Å²) in [7, 11) is 1.58. The van der Waals surface area contributed by atoms with Crippen LogP contribution in [0.2, 0.25) is 0 Å². The summed E-state index contributed by atoms with van der Waals surface area (Å²) in [6, 6.07) is 0. The molecule has 1 saturated heterocycles.